The van der Waals surface area contributed by atoms with Crippen LogP contribution in [0.3, 0.4) is 0 Å². The van der Waals surface area contributed by atoms with E-state index in [0.29, 0.717) is 5.56 Å². The van der Waals surface area contributed by atoms with E-state index in [2.05, 4.69) is 0 Å². The molecule has 88 valence electrons. The van der Waals surface area contributed by atoms with E-state index in [-0.39, 0.29) is 16.2 Å². The average Bonchev–Trinajstić information content (AvgIpc) is 2.65. The molecule has 0 aromatic heterocycles. The topological polar surface area (TPSA) is 57.6 Å². The van der Waals surface area contributed by atoms with Gasteiger partial charge in [-0.3, -0.25) is 14.8 Å². The van der Waals surface area contributed by atoms with Gasteiger partial charge in [-0.1, -0.05) is 42.5 Å². The van der Waals surface area contributed by atoms with Crippen molar-refractivity contribution in [3.05, 3.63) is 59.7 Å². The molecule has 4 nitrogen and oxygen atoms in total. The van der Waals surface area contributed by atoms with Crippen molar-refractivity contribution in [2.45, 2.75) is 0 Å². The summed E-state index contributed by atoms with van der Waals surface area (Å²) in [5, 5.41) is 9.56. The minimum absolute atomic E-state index is 0.164. The summed E-state index contributed by atoms with van der Waals surface area (Å²) in [5.74, 6) is -1.35. The maximum absolute atomic E-state index is 11.9. The number of carbonyl (C=O) groups is 2. The lowest BCUT2D eigenvalue weighted by molar-refractivity contribution is -0.0327. The molecule has 0 atom stereocenters. The minimum Gasteiger partial charge on any atom is -0.278 e. The third kappa shape index (κ3) is 1.36. The molecule has 0 radical (unpaired) electrons. The lowest BCUT2D eigenvalue weighted by Crippen LogP contribution is -2.25. The summed E-state index contributed by atoms with van der Waals surface area (Å²) >= 11 is 0. The van der Waals surface area contributed by atoms with Crippen molar-refractivity contribution in [1.29, 1.82) is 0 Å². The number of nitrogens with zero attached hydrogens (tertiary/aromatic N) is 1. The van der Waals surface area contributed by atoms with E-state index < -0.39 is 11.8 Å². The number of hydrogen-bond acceptors (Lipinski definition) is 3. The number of benzene rings is 2. The van der Waals surface area contributed by atoms with Crippen molar-refractivity contribution in [3.8, 4) is 11.1 Å². The number of amides is 2. The second-order valence-corrected chi connectivity index (χ2v) is 4.02. The van der Waals surface area contributed by atoms with Gasteiger partial charge in [-0.2, -0.15) is 0 Å². The molecule has 4 heteroatoms. The fourth-order valence-corrected chi connectivity index (χ4v) is 2.13. The van der Waals surface area contributed by atoms with Crippen LogP contribution in [0.25, 0.3) is 11.1 Å². The summed E-state index contributed by atoms with van der Waals surface area (Å²) in [7, 11) is 0. The van der Waals surface area contributed by atoms with Gasteiger partial charge in [0.2, 0.25) is 0 Å². The number of carbonyl (C=O) groups excluding carboxylic acids is 2. The van der Waals surface area contributed by atoms with Gasteiger partial charge in [0, 0.05) is 0 Å². The van der Waals surface area contributed by atoms with Gasteiger partial charge in [0.05, 0.1) is 11.1 Å². The molecule has 2 aromatic rings. The monoisotopic (exact) mass is 239 g/mol. The van der Waals surface area contributed by atoms with Gasteiger partial charge >= 0.3 is 0 Å². The van der Waals surface area contributed by atoms with Crippen molar-refractivity contribution < 1.29 is 14.8 Å². The zero-order valence-corrected chi connectivity index (χ0v) is 9.33. The van der Waals surface area contributed by atoms with Crippen molar-refractivity contribution in [3.63, 3.8) is 0 Å². The molecule has 0 aliphatic carbocycles. The Bertz CT molecular complexity index is 649. The van der Waals surface area contributed by atoms with E-state index in [4.69, 9.17) is 0 Å². The molecule has 0 unspecified atom stereocenters. The summed E-state index contributed by atoms with van der Waals surface area (Å²) < 4.78 is 0. The Kier molecular flexibility index (Phi) is 2.25. The fourth-order valence-electron chi connectivity index (χ4n) is 2.13. The molecular weight excluding hydrogens is 230 g/mol. The molecule has 18 heavy (non-hydrogen) atoms. The van der Waals surface area contributed by atoms with Gasteiger partial charge in [0.25, 0.3) is 11.8 Å². The van der Waals surface area contributed by atoms with E-state index in [0.717, 1.165) is 5.56 Å². The Balaban J connectivity index is 2.27. The highest BCUT2D eigenvalue weighted by molar-refractivity contribution is 6.23. The first kappa shape index (κ1) is 10.7. The third-order valence-electron chi connectivity index (χ3n) is 2.98. The van der Waals surface area contributed by atoms with Crippen LogP contribution in [0.2, 0.25) is 0 Å². The maximum atomic E-state index is 11.9. The molecule has 1 N–H and O–H groups in total. The largest absolute Gasteiger partial charge is 0.286 e. The Labute approximate surface area is 103 Å². The van der Waals surface area contributed by atoms with Crippen molar-refractivity contribution >= 4 is 11.8 Å². The predicted octanol–water partition coefficient (Wildman–Crippen LogP) is 2.34. The standard InChI is InChI=1S/C14H9NO3/c16-13-11-8-4-7-10(9-5-2-1-3-6-9)12(11)14(17)15(13)18/h1-8,18H. The van der Waals surface area contributed by atoms with Crippen molar-refractivity contribution in [2.24, 2.45) is 0 Å². The van der Waals surface area contributed by atoms with Gasteiger partial charge in [0.1, 0.15) is 0 Å². The quantitative estimate of drug-likeness (QED) is 0.613. The molecular formula is C14H9NO3. The van der Waals surface area contributed by atoms with Crippen LogP contribution in [0, 0.1) is 0 Å². The smallest absolute Gasteiger partial charge is 0.278 e. The third-order valence-corrected chi connectivity index (χ3v) is 2.98. The first-order valence-electron chi connectivity index (χ1n) is 5.46. The summed E-state index contributed by atoms with van der Waals surface area (Å²) in [6.07, 6.45) is 0. The normalized spacial score (nSPS) is 13.9. The lowest BCUT2D eigenvalue weighted by Gasteiger charge is -2.05. The molecule has 3 rings (SSSR count). The molecule has 2 amide bonds. The van der Waals surface area contributed by atoms with Gasteiger partial charge in [-0.25, -0.2) is 0 Å². The van der Waals surface area contributed by atoms with Crippen LogP contribution in [0.15, 0.2) is 48.5 Å². The first-order valence-corrected chi connectivity index (χ1v) is 5.46. The van der Waals surface area contributed by atoms with Crippen molar-refractivity contribution in [2.75, 3.05) is 0 Å². The SMILES string of the molecule is O=C1c2cccc(-c3ccccc3)c2C(=O)N1O. The van der Waals surface area contributed by atoms with Crippen LogP contribution in [0.1, 0.15) is 20.7 Å². The zero-order valence-electron chi connectivity index (χ0n) is 9.33. The number of rotatable bonds is 1. The van der Waals surface area contributed by atoms with E-state index in [1.165, 1.54) is 6.07 Å². The van der Waals surface area contributed by atoms with Gasteiger partial charge in [-0.15, -0.1) is 5.06 Å². The van der Waals surface area contributed by atoms with Crippen molar-refractivity contribution in [1.82, 2.24) is 5.06 Å². The van der Waals surface area contributed by atoms with Gasteiger partial charge < -0.3 is 0 Å². The number of fused-ring (bicyclic) bond motifs is 1. The number of hydrogen-bond donors (Lipinski definition) is 1. The molecule has 0 fully saturated rings. The van der Waals surface area contributed by atoms with E-state index in [1.807, 2.05) is 30.3 Å². The molecule has 1 heterocycles. The zero-order chi connectivity index (χ0) is 12.7. The number of imide groups is 1. The number of hydroxylamine groups is 2. The second kappa shape index (κ2) is 3.78. The van der Waals surface area contributed by atoms with E-state index in [9.17, 15) is 14.8 Å². The maximum Gasteiger partial charge on any atom is 0.286 e. The molecule has 2 aromatic carbocycles. The highest BCUT2D eigenvalue weighted by Crippen LogP contribution is 2.31. The van der Waals surface area contributed by atoms with Crippen LogP contribution >= 0.6 is 0 Å². The molecule has 0 saturated carbocycles. The van der Waals surface area contributed by atoms with Crippen LogP contribution in [-0.2, 0) is 0 Å². The Morgan fingerprint density at radius 2 is 1.44 bits per heavy atom. The molecule has 0 spiro atoms. The molecule has 0 bridgehead atoms. The molecule has 1 aliphatic heterocycles. The Hall–Kier alpha value is -2.46. The summed E-state index contributed by atoms with van der Waals surface area (Å²) in [5.41, 5.74) is 1.99. The van der Waals surface area contributed by atoms with Gasteiger partial charge in [0.15, 0.2) is 0 Å². The molecule has 0 saturated heterocycles. The van der Waals surface area contributed by atoms with E-state index in [1.54, 1.807) is 12.1 Å². The highest BCUT2D eigenvalue weighted by Gasteiger charge is 2.36. The lowest BCUT2D eigenvalue weighted by atomic mass is 9.97. The van der Waals surface area contributed by atoms with Crippen LogP contribution < -0.4 is 0 Å². The highest BCUT2D eigenvalue weighted by atomic mass is 16.5. The van der Waals surface area contributed by atoms with E-state index >= 15 is 0 Å². The summed E-state index contributed by atoms with van der Waals surface area (Å²) in [4.78, 5) is 23.5. The average molecular weight is 239 g/mol. The predicted molar refractivity (Wildman–Crippen MR) is 64.2 cm³/mol. The van der Waals surface area contributed by atoms with Crippen LogP contribution in [-0.4, -0.2) is 22.1 Å². The minimum atomic E-state index is -0.673. The second-order valence-electron chi connectivity index (χ2n) is 4.02. The summed E-state index contributed by atoms with van der Waals surface area (Å²) in [6.45, 7) is 0. The Morgan fingerprint density at radius 3 is 2.17 bits per heavy atom. The van der Waals surface area contributed by atoms with Crippen LogP contribution in [0.5, 0.6) is 0 Å². The fraction of sp³-hybridized carbons (Fsp3) is 0. The Morgan fingerprint density at radius 1 is 0.778 bits per heavy atom. The first-order chi connectivity index (χ1) is 8.70. The molecule has 1 aliphatic rings. The van der Waals surface area contributed by atoms with Gasteiger partial charge in [-0.05, 0) is 17.2 Å². The van der Waals surface area contributed by atoms with Crippen LogP contribution in [0.4, 0.5) is 0 Å². The summed E-state index contributed by atoms with van der Waals surface area (Å²) in [6, 6.07) is 14.3.